The van der Waals surface area contributed by atoms with Crippen molar-refractivity contribution < 1.29 is 18.3 Å². The molecule has 160 valence electrons. The summed E-state index contributed by atoms with van der Waals surface area (Å²) in [5, 5.41) is 11.0. The lowest BCUT2D eigenvalue weighted by Gasteiger charge is -2.21. The van der Waals surface area contributed by atoms with Crippen molar-refractivity contribution in [1.82, 2.24) is 4.98 Å². The van der Waals surface area contributed by atoms with Crippen molar-refractivity contribution in [3.8, 4) is 11.8 Å². The minimum absolute atomic E-state index is 0.119. The number of aryl methyl sites for hydroxylation is 1. The molecule has 2 heterocycles. The topological polar surface area (TPSA) is 99.6 Å². The lowest BCUT2D eigenvalue weighted by molar-refractivity contribution is -0.143. The minimum atomic E-state index is -2.92. The molecule has 0 saturated carbocycles. The lowest BCUT2D eigenvalue weighted by atomic mass is 9.90. The second kappa shape index (κ2) is 8.83. The second-order valence-electron chi connectivity index (χ2n) is 7.29. The molecule has 0 amide bonds. The molecule has 1 atom stereocenters. The first-order valence-corrected chi connectivity index (χ1v) is 11.5. The van der Waals surface area contributed by atoms with E-state index in [1.165, 1.54) is 0 Å². The van der Waals surface area contributed by atoms with Gasteiger partial charge in [0.05, 0.1) is 4.88 Å². The monoisotopic (exact) mass is 462 g/mol. The quantitative estimate of drug-likeness (QED) is 0.426. The van der Waals surface area contributed by atoms with Crippen LogP contribution >= 0.6 is 11.3 Å². The number of aliphatic carboxylic acids is 1. The van der Waals surface area contributed by atoms with Crippen molar-refractivity contribution in [2.45, 2.75) is 18.9 Å². The van der Waals surface area contributed by atoms with Crippen molar-refractivity contribution in [2.75, 3.05) is 0 Å². The van der Waals surface area contributed by atoms with Crippen LogP contribution in [0.15, 0.2) is 71.2 Å². The van der Waals surface area contributed by atoms with E-state index in [1.54, 1.807) is 18.3 Å². The van der Waals surface area contributed by atoms with Crippen LogP contribution in [0.3, 0.4) is 0 Å². The number of carboxylic acid groups (broad SMARTS) is 1. The van der Waals surface area contributed by atoms with Crippen LogP contribution in [-0.2, 0) is 27.3 Å². The molecule has 2 aromatic heterocycles. The van der Waals surface area contributed by atoms with E-state index >= 15 is 0 Å². The highest BCUT2D eigenvalue weighted by Gasteiger charge is 2.43. The minimum Gasteiger partial charge on any atom is -0.479 e. The smallest absolute Gasteiger partial charge is 0.338 e. The summed E-state index contributed by atoms with van der Waals surface area (Å²) in [6, 6.07) is 18.4. The summed E-state index contributed by atoms with van der Waals surface area (Å²) in [5.74, 6) is 4.73. The van der Waals surface area contributed by atoms with Crippen LogP contribution in [-0.4, -0.2) is 24.5 Å². The van der Waals surface area contributed by atoms with Gasteiger partial charge in [0.25, 0.3) is 0 Å². The Morgan fingerprint density at radius 1 is 1.09 bits per heavy atom. The fraction of sp³-hybridized carbons (Fsp3) is 0.125. The van der Waals surface area contributed by atoms with Gasteiger partial charge in [-0.3, -0.25) is 0 Å². The molecule has 0 fully saturated rings. The molecular weight excluding hydrogens is 444 g/mol. The molecular formula is C24H18N2O4S2. The molecule has 0 aliphatic heterocycles. The van der Waals surface area contributed by atoms with Gasteiger partial charge < -0.3 is 10.1 Å². The lowest BCUT2D eigenvalue weighted by Crippen LogP contribution is -2.35. The second-order valence-corrected chi connectivity index (χ2v) is 8.99. The SMILES string of the molecule is Cc1ccc(C#Cc2ccc([C@](Cc3c[nH]c4ccccc34)(N=S(=O)=O)C(=O)O)s2)cc1. The van der Waals surface area contributed by atoms with Gasteiger partial charge in [-0.1, -0.05) is 47.7 Å². The van der Waals surface area contributed by atoms with E-state index in [9.17, 15) is 18.3 Å². The van der Waals surface area contributed by atoms with Crippen LogP contribution < -0.4 is 0 Å². The molecule has 0 saturated heterocycles. The van der Waals surface area contributed by atoms with Gasteiger partial charge in [0.15, 0.2) is 0 Å². The van der Waals surface area contributed by atoms with Gasteiger partial charge in [-0.2, -0.15) is 8.42 Å². The van der Waals surface area contributed by atoms with Crippen LogP contribution in [0.1, 0.15) is 26.4 Å². The van der Waals surface area contributed by atoms with Gasteiger partial charge in [-0.25, -0.2) is 4.79 Å². The number of para-hydroxylation sites is 1. The number of hydrogen-bond donors (Lipinski definition) is 2. The Morgan fingerprint density at radius 3 is 2.56 bits per heavy atom. The molecule has 0 spiro atoms. The molecule has 0 bridgehead atoms. The zero-order chi connectivity index (χ0) is 22.7. The number of nitrogens with zero attached hydrogens (tertiary/aromatic N) is 1. The summed E-state index contributed by atoms with van der Waals surface area (Å²) in [5.41, 5.74) is 1.48. The number of aromatic nitrogens is 1. The number of fused-ring (bicyclic) bond motifs is 1. The number of H-pyrrole nitrogens is 1. The number of carboxylic acids is 1. The number of nitrogens with one attached hydrogen (secondary N) is 1. The van der Waals surface area contributed by atoms with Crippen LogP contribution in [0, 0.1) is 18.8 Å². The van der Waals surface area contributed by atoms with E-state index in [0.717, 1.165) is 33.4 Å². The Hall–Kier alpha value is -3.67. The molecule has 6 nitrogen and oxygen atoms in total. The molecule has 32 heavy (non-hydrogen) atoms. The van der Waals surface area contributed by atoms with E-state index in [-0.39, 0.29) is 6.42 Å². The van der Waals surface area contributed by atoms with Gasteiger partial charge in [-0.15, -0.1) is 15.7 Å². The standard InChI is InChI=1S/C24H18N2O4S2/c1-16-6-8-17(9-7-16)10-11-19-12-13-22(31-19)24(23(27)28,26-32(29)30)14-18-15-25-21-5-3-2-4-20(18)21/h2-9,12-13,15,25H,14H2,1H3,(H,27,28)/t24-/m0/s1. The van der Waals surface area contributed by atoms with Gasteiger partial charge in [-0.05, 0) is 42.8 Å². The van der Waals surface area contributed by atoms with Crippen LogP contribution in [0.4, 0.5) is 0 Å². The summed E-state index contributed by atoms with van der Waals surface area (Å²) in [6.07, 6.45) is 1.57. The van der Waals surface area contributed by atoms with Gasteiger partial charge in [0.2, 0.25) is 5.54 Å². The van der Waals surface area contributed by atoms with Crippen molar-refractivity contribution in [3.05, 3.63) is 93.3 Å². The molecule has 4 aromatic rings. The Labute approximate surface area is 190 Å². The third-order valence-electron chi connectivity index (χ3n) is 5.10. The van der Waals surface area contributed by atoms with Crippen molar-refractivity contribution in [1.29, 1.82) is 0 Å². The van der Waals surface area contributed by atoms with E-state index < -0.39 is 22.0 Å². The van der Waals surface area contributed by atoms with Crippen LogP contribution in [0.2, 0.25) is 0 Å². The largest absolute Gasteiger partial charge is 0.479 e. The summed E-state index contributed by atoms with van der Waals surface area (Å²) in [4.78, 5) is 16.4. The highest BCUT2D eigenvalue weighted by molar-refractivity contribution is 7.61. The Bertz CT molecular complexity index is 1490. The number of hydrogen-bond acceptors (Lipinski definition) is 5. The van der Waals surface area contributed by atoms with Gasteiger partial charge in [0.1, 0.15) is 0 Å². The van der Waals surface area contributed by atoms with Crippen molar-refractivity contribution in [3.63, 3.8) is 0 Å². The predicted octanol–water partition coefficient (Wildman–Crippen LogP) is 4.52. The maximum atomic E-state index is 12.4. The van der Waals surface area contributed by atoms with E-state index in [1.807, 2.05) is 55.5 Å². The van der Waals surface area contributed by atoms with Crippen LogP contribution in [0.25, 0.3) is 10.9 Å². The number of benzene rings is 2. The maximum Gasteiger partial charge on any atom is 0.338 e. The van der Waals surface area contributed by atoms with Crippen molar-refractivity contribution >= 4 is 38.7 Å². The molecule has 8 heteroatoms. The number of aromatic amines is 1. The fourth-order valence-electron chi connectivity index (χ4n) is 3.46. The summed E-state index contributed by atoms with van der Waals surface area (Å²) < 4.78 is 26.8. The molecule has 0 aliphatic carbocycles. The molecule has 2 aromatic carbocycles. The van der Waals surface area contributed by atoms with Crippen molar-refractivity contribution in [2.24, 2.45) is 4.36 Å². The zero-order valence-electron chi connectivity index (χ0n) is 17.0. The first-order valence-electron chi connectivity index (χ1n) is 9.67. The Morgan fingerprint density at radius 2 is 1.84 bits per heavy atom. The fourth-order valence-corrected chi connectivity index (χ4v) is 5.00. The van der Waals surface area contributed by atoms with Gasteiger partial charge >= 0.3 is 16.5 Å². The molecule has 0 unspecified atom stereocenters. The molecule has 2 N–H and O–H groups in total. The Kier molecular flexibility index (Phi) is 5.95. The average Bonchev–Trinajstić information content (AvgIpc) is 3.40. The summed E-state index contributed by atoms with van der Waals surface area (Å²) in [7, 11) is -2.92. The molecule has 4 rings (SSSR count). The normalized spacial score (nSPS) is 12.5. The Balaban J connectivity index is 1.77. The van der Waals surface area contributed by atoms with E-state index in [0.29, 0.717) is 15.3 Å². The van der Waals surface area contributed by atoms with E-state index in [2.05, 4.69) is 21.2 Å². The first-order chi connectivity index (χ1) is 15.4. The number of rotatable bonds is 5. The first kappa shape index (κ1) is 21.6. The third-order valence-corrected chi connectivity index (χ3v) is 6.71. The number of thiophene rings is 1. The predicted molar refractivity (Wildman–Crippen MR) is 124 cm³/mol. The highest BCUT2D eigenvalue weighted by atomic mass is 32.2. The third kappa shape index (κ3) is 4.35. The summed E-state index contributed by atoms with van der Waals surface area (Å²) >= 11 is 1.13. The molecule has 0 radical (unpaired) electrons. The zero-order valence-corrected chi connectivity index (χ0v) is 18.6. The molecule has 0 aliphatic rings. The van der Waals surface area contributed by atoms with Crippen LogP contribution in [0.5, 0.6) is 0 Å². The summed E-state index contributed by atoms with van der Waals surface area (Å²) in [6.45, 7) is 1.99. The maximum absolute atomic E-state index is 12.4. The highest BCUT2D eigenvalue weighted by Crippen LogP contribution is 2.37. The van der Waals surface area contributed by atoms with E-state index in [4.69, 9.17) is 0 Å². The number of carbonyl (C=O) groups is 1. The average molecular weight is 463 g/mol. The van der Waals surface area contributed by atoms with Gasteiger partial charge in [0, 0.05) is 34.0 Å².